The molecule has 1 aliphatic rings. The van der Waals surface area contributed by atoms with Gasteiger partial charge >= 0.3 is 0 Å². The molecule has 0 aromatic carbocycles. The predicted molar refractivity (Wildman–Crippen MR) is 59.5 cm³/mol. The lowest BCUT2D eigenvalue weighted by Crippen LogP contribution is -2.33. The first-order valence-electron chi connectivity index (χ1n) is 5.37. The number of hydrogen-bond donors (Lipinski definition) is 2. The second-order valence-electron chi connectivity index (χ2n) is 3.84. The second kappa shape index (κ2) is 4.82. The van der Waals surface area contributed by atoms with Crippen LogP contribution in [0.2, 0.25) is 0 Å². The molecule has 0 spiro atoms. The molecule has 3 N–H and O–H groups in total. The van der Waals surface area contributed by atoms with Gasteiger partial charge in [-0.25, -0.2) is 4.98 Å². The number of aromatic nitrogens is 2. The highest BCUT2D eigenvalue weighted by Gasteiger charge is 2.21. The van der Waals surface area contributed by atoms with Crippen molar-refractivity contribution in [1.29, 1.82) is 0 Å². The summed E-state index contributed by atoms with van der Waals surface area (Å²) in [5, 5.41) is 3.16. The standard InChI is InChI=1S/C10H17N5/c11-10(14-9-2-3-9)13-4-1-6-15-7-5-12-8-15/h5,7-9H,1-4,6H2,(H3,11,13,14). The molecule has 1 heterocycles. The largest absolute Gasteiger partial charge is 0.370 e. The number of nitrogens with one attached hydrogen (secondary N) is 1. The van der Waals surface area contributed by atoms with E-state index in [1.807, 2.05) is 17.1 Å². The van der Waals surface area contributed by atoms with Crippen LogP contribution in [0.4, 0.5) is 0 Å². The zero-order valence-electron chi connectivity index (χ0n) is 8.76. The molecule has 0 atom stereocenters. The number of aryl methyl sites for hydroxylation is 1. The van der Waals surface area contributed by atoms with Gasteiger partial charge in [0, 0.05) is 31.5 Å². The molecule has 5 nitrogen and oxygen atoms in total. The zero-order chi connectivity index (χ0) is 10.5. The van der Waals surface area contributed by atoms with E-state index < -0.39 is 0 Å². The minimum atomic E-state index is 0.586. The fourth-order valence-electron chi connectivity index (χ4n) is 1.35. The highest BCUT2D eigenvalue weighted by Crippen LogP contribution is 2.17. The summed E-state index contributed by atoms with van der Waals surface area (Å²) in [6, 6.07) is 0.586. The minimum Gasteiger partial charge on any atom is -0.370 e. The number of hydrogen-bond acceptors (Lipinski definition) is 2. The normalized spacial score (nSPS) is 16.7. The van der Waals surface area contributed by atoms with Crippen LogP contribution in [0.3, 0.4) is 0 Å². The smallest absolute Gasteiger partial charge is 0.188 e. The fraction of sp³-hybridized carbons (Fsp3) is 0.600. The van der Waals surface area contributed by atoms with Crippen LogP contribution in [0.15, 0.2) is 23.7 Å². The third-order valence-electron chi connectivity index (χ3n) is 2.35. The Bertz CT molecular complexity index is 313. The summed E-state index contributed by atoms with van der Waals surface area (Å²) in [4.78, 5) is 8.23. The third-order valence-corrected chi connectivity index (χ3v) is 2.35. The van der Waals surface area contributed by atoms with Crippen LogP contribution in [0.25, 0.3) is 0 Å². The van der Waals surface area contributed by atoms with Crippen molar-refractivity contribution in [2.24, 2.45) is 10.7 Å². The molecule has 5 heteroatoms. The maximum Gasteiger partial charge on any atom is 0.188 e. The molecule has 1 fully saturated rings. The minimum absolute atomic E-state index is 0.586. The number of rotatable bonds is 5. The van der Waals surface area contributed by atoms with Crippen molar-refractivity contribution < 1.29 is 0 Å². The lowest BCUT2D eigenvalue weighted by atomic mass is 10.4. The van der Waals surface area contributed by atoms with Crippen molar-refractivity contribution >= 4 is 5.96 Å². The SMILES string of the molecule is NC(=NCCCn1ccnc1)NC1CC1. The van der Waals surface area contributed by atoms with E-state index in [0.717, 1.165) is 19.5 Å². The summed E-state index contributed by atoms with van der Waals surface area (Å²) >= 11 is 0. The van der Waals surface area contributed by atoms with E-state index in [1.54, 1.807) is 6.20 Å². The van der Waals surface area contributed by atoms with Crippen LogP contribution in [0.5, 0.6) is 0 Å². The third kappa shape index (κ3) is 3.61. The average molecular weight is 207 g/mol. The van der Waals surface area contributed by atoms with Crippen molar-refractivity contribution in [3.63, 3.8) is 0 Å². The monoisotopic (exact) mass is 207 g/mol. The number of guanidine groups is 1. The highest BCUT2D eigenvalue weighted by atomic mass is 15.1. The van der Waals surface area contributed by atoms with Crippen molar-refractivity contribution in [2.75, 3.05) is 6.54 Å². The first-order valence-corrected chi connectivity index (χ1v) is 5.37. The van der Waals surface area contributed by atoms with Crippen molar-refractivity contribution in [3.05, 3.63) is 18.7 Å². The molecule has 82 valence electrons. The van der Waals surface area contributed by atoms with E-state index in [-0.39, 0.29) is 0 Å². The molecule has 0 amide bonds. The van der Waals surface area contributed by atoms with Crippen LogP contribution in [-0.2, 0) is 6.54 Å². The van der Waals surface area contributed by atoms with Gasteiger partial charge in [0.15, 0.2) is 5.96 Å². The van der Waals surface area contributed by atoms with Gasteiger partial charge in [-0.2, -0.15) is 0 Å². The van der Waals surface area contributed by atoms with Gasteiger partial charge in [-0.3, -0.25) is 4.99 Å². The van der Waals surface area contributed by atoms with Gasteiger partial charge in [0.05, 0.1) is 6.33 Å². The van der Waals surface area contributed by atoms with E-state index in [4.69, 9.17) is 5.73 Å². The number of nitrogens with zero attached hydrogens (tertiary/aromatic N) is 3. The van der Waals surface area contributed by atoms with E-state index in [1.165, 1.54) is 12.8 Å². The topological polar surface area (TPSA) is 68.2 Å². The van der Waals surface area contributed by atoms with Crippen molar-refractivity contribution in [3.8, 4) is 0 Å². The summed E-state index contributed by atoms with van der Waals surface area (Å²) in [5.41, 5.74) is 5.69. The van der Waals surface area contributed by atoms with Crippen LogP contribution in [-0.4, -0.2) is 28.1 Å². The number of imidazole rings is 1. The molecule has 0 aliphatic heterocycles. The van der Waals surface area contributed by atoms with Gasteiger partial charge in [0.2, 0.25) is 0 Å². The quantitative estimate of drug-likeness (QED) is 0.415. The molecule has 1 aromatic rings. The molecule has 2 rings (SSSR count). The molecule has 0 unspecified atom stereocenters. The van der Waals surface area contributed by atoms with Gasteiger partial charge in [-0.05, 0) is 19.3 Å². The van der Waals surface area contributed by atoms with Crippen LogP contribution >= 0.6 is 0 Å². The Morgan fingerprint density at radius 2 is 2.47 bits per heavy atom. The zero-order valence-corrected chi connectivity index (χ0v) is 8.76. The van der Waals surface area contributed by atoms with Gasteiger partial charge in [0.25, 0.3) is 0 Å². The lowest BCUT2D eigenvalue weighted by Gasteiger charge is -2.03. The summed E-state index contributed by atoms with van der Waals surface area (Å²) in [6.45, 7) is 1.71. The Hall–Kier alpha value is -1.52. The van der Waals surface area contributed by atoms with Gasteiger partial charge in [-0.15, -0.1) is 0 Å². The van der Waals surface area contributed by atoms with Gasteiger partial charge in [0.1, 0.15) is 0 Å². The van der Waals surface area contributed by atoms with Gasteiger partial charge in [-0.1, -0.05) is 0 Å². The van der Waals surface area contributed by atoms with Crippen LogP contribution in [0.1, 0.15) is 19.3 Å². The maximum atomic E-state index is 5.69. The molecule has 1 saturated carbocycles. The molecule has 0 bridgehead atoms. The fourth-order valence-corrected chi connectivity index (χ4v) is 1.35. The van der Waals surface area contributed by atoms with Crippen LogP contribution in [0, 0.1) is 0 Å². The number of nitrogens with two attached hydrogens (primary N) is 1. The first kappa shape index (κ1) is 10.0. The van der Waals surface area contributed by atoms with Crippen LogP contribution < -0.4 is 11.1 Å². The average Bonchev–Trinajstić information content (AvgIpc) is 2.87. The van der Waals surface area contributed by atoms with Gasteiger partial charge < -0.3 is 15.6 Å². The molecular weight excluding hydrogens is 190 g/mol. The second-order valence-corrected chi connectivity index (χ2v) is 3.84. The molecule has 1 aliphatic carbocycles. The Morgan fingerprint density at radius 1 is 1.60 bits per heavy atom. The van der Waals surface area contributed by atoms with E-state index >= 15 is 0 Å². The summed E-state index contributed by atoms with van der Waals surface area (Å²) in [7, 11) is 0. The first-order chi connectivity index (χ1) is 7.34. The molecule has 15 heavy (non-hydrogen) atoms. The highest BCUT2D eigenvalue weighted by molar-refractivity contribution is 5.78. The Balaban J connectivity index is 1.60. The molecule has 0 radical (unpaired) electrons. The lowest BCUT2D eigenvalue weighted by molar-refractivity contribution is 0.649. The summed E-state index contributed by atoms with van der Waals surface area (Å²) in [6.07, 6.45) is 9.00. The maximum absolute atomic E-state index is 5.69. The molecular formula is C10H17N5. The molecule has 0 saturated heterocycles. The summed E-state index contributed by atoms with van der Waals surface area (Å²) < 4.78 is 2.04. The Labute approximate surface area is 89.4 Å². The predicted octanol–water partition coefficient (Wildman–Crippen LogP) is 0.340. The molecule has 1 aromatic heterocycles. The van der Waals surface area contributed by atoms with E-state index in [2.05, 4.69) is 15.3 Å². The number of aliphatic imine (C=N–C) groups is 1. The summed E-state index contributed by atoms with van der Waals surface area (Å²) in [5.74, 6) is 0.586. The van der Waals surface area contributed by atoms with Crippen molar-refractivity contribution in [2.45, 2.75) is 31.8 Å². The Morgan fingerprint density at radius 3 is 3.13 bits per heavy atom. The van der Waals surface area contributed by atoms with E-state index in [9.17, 15) is 0 Å². The van der Waals surface area contributed by atoms with Crippen molar-refractivity contribution in [1.82, 2.24) is 14.9 Å². The van der Waals surface area contributed by atoms with E-state index in [0.29, 0.717) is 12.0 Å². The Kier molecular flexibility index (Phi) is 3.22.